The lowest BCUT2D eigenvalue weighted by atomic mass is 9.97. The summed E-state index contributed by atoms with van der Waals surface area (Å²) in [5.41, 5.74) is 6.86. The van der Waals surface area contributed by atoms with Crippen LogP contribution < -0.4 is 10.1 Å². The standard InChI is InChI=1S/C26H29NO4S/c1-18-20(9-5-10-23(18)19-7-3-2-4-8-19)17-31-22-11-12-24-21(15-22)16-25(28)26(24)27-13-6-14-32(29)30/h2-5,7-12,15,25-28H,6,13-14,16-17H2,1H3,(H,29,30)/p-1/t25-,26+/m1/s1. The predicted octanol–water partition coefficient (Wildman–Crippen LogP) is 4.06. The van der Waals surface area contributed by atoms with E-state index in [9.17, 15) is 13.9 Å². The highest BCUT2D eigenvalue weighted by Crippen LogP contribution is 2.34. The summed E-state index contributed by atoms with van der Waals surface area (Å²) in [7, 11) is 0. The Balaban J connectivity index is 1.42. The Morgan fingerprint density at radius 2 is 1.94 bits per heavy atom. The topological polar surface area (TPSA) is 81.6 Å². The number of rotatable bonds is 9. The number of ether oxygens (including phenoxy) is 1. The number of fused-ring (bicyclic) bond motifs is 1. The SMILES string of the molecule is Cc1c(COc2ccc3c(c2)C[C@@H](O)[C@H]3NCCCS(=O)[O-])cccc1-c1ccccc1. The number of benzene rings is 3. The highest BCUT2D eigenvalue weighted by atomic mass is 32.2. The first kappa shape index (κ1) is 22.7. The minimum Gasteiger partial charge on any atom is -0.772 e. The van der Waals surface area contributed by atoms with E-state index in [1.165, 1.54) is 16.7 Å². The Hall–Kier alpha value is -2.51. The average molecular weight is 451 g/mol. The fraction of sp³-hybridized carbons (Fsp3) is 0.308. The molecule has 0 radical (unpaired) electrons. The van der Waals surface area contributed by atoms with Crippen LogP contribution in [0.25, 0.3) is 11.1 Å². The molecule has 4 rings (SSSR count). The third-order valence-corrected chi connectivity index (χ3v) is 6.66. The second kappa shape index (κ2) is 10.4. The lowest BCUT2D eigenvalue weighted by Gasteiger charge is -2.18. The highest BCUT2D eigenvalue weighted by molar-refractivity contribution is 7.79. The fourth-order valence-corrected chi connectivity index (χ4v) is 4.71. The zero-order valence-electron chi connectivity index (χ0n) is 18.1. The molecule has 0 saturated heterocycles. The Bertz CT molecular complexity index is 1090. The molecule has 168 valence electrons. The summed E-state index contributed by atoms with van der Waals surface area (Å²) in [4.78, 5) is 0. The van der Waals surface area contributed by atoms with Crippen molar-refractivity contribution in [3.05, 3.63) is 89.0 Å². The molecular weight excluding hydrogens is 422 g/mol. The third kappa shape index (κ3) is 5.27. The van der Waals surface area contributed by atoms with Gasteiger partial charge in [-0.05, 0) is 65.4 Å². The second-order valence-corrected chi connectivity index (χ2v) is 9.19. The van der Waals surface area contributed by atoms with Crippen molar-refractivity contribution in [1.29, 1.82) is 0 Å². The van der Waals surface area contributed by atoms with Gasteiger partial charge in [0.15, 0.2) is 0 Å². The first-order chi connectivity index (χ1) is 15.5. The Labute approximate surface area is 191 Å². The lowest BCUT2D eigenvalue weighted by molar-refractivity contribution is 0.141. The maximum absolute atomic E-state index is 10.7. The fourth-order valence-electron chi connectivity index (χ4n) is 4.33. The molecule has 0 amide bonds. The zero-order chi connectivity index (χ0) is 22.5. The van der Waals surface area contributed by atoms with Crippen molar-refractivity contribution >= 4 is 11.1 Å². The van der Waals surface area contributed by atoms with E-state index in [0.717, 1.165) is 22.4 Å². The maximum Gasteiger partial charge on any atom is 0.120 e. The molecule has 1 aliphatic rings. The van der Waals surface area contributed by atoms with Crippen molar-refractivity contribution in [3.63, 3.8) is 0 Å². The van der Waals surface area contributed by atoms with Gasteiger partial charge in [0.05, 0.1) is 12.1 Å². The molecule has 3 aromatic carbocycles. The van der Waals surface area contributed by atoms with Crippen LogP contribution in [0.5, 0.6) is 5.75 Å². The van der Waals surface area contributed by atoms with Gasteiger partial charge in [0, 0.05) is 12.2 Å². The van der Waals surface area contributed by atoms with Crippen LogP contribution >= 0.6 is 0 Å². The summed E-state index contributed by atoms with van der Waals surface area (Å²) in [6, 6.07) is 22.4. The van der Waals surface area contributed by atoms with Crippen molar-refractivity contribution in [1.82, 2.24) is 5.32 Å². The normalized spacial score (nSPS) is 18.3. The van der Waals surface area contributed by atoms with Crippen LogP contribution in [0.2, 0.25) is 0 Å². The van der Waals surface area contributed by atoms with Crippen molar-refractivity contribution in [2.24, 2.45) is 0 Å². The predicted molar refractivity (Wildman–Crippen MR) is 126 cm³/mol. The van der Waals surface area contributed by atoms with Crippen LogP contribution in [0.15, 0.2) is 66.7 Å². The summed E-state index contributed by atoms with van der Waals surface area (Å²) in [5, 5.41) is 13.8. The van der Waals surface area contributed by atoms with Crippen molar-refractivity contribution in [2.75, 3.05) is 12.3 Å². The number of aliphatic hydroxyl groups is 1. The minimum atomic E-state index is -2.03. The molecule has 0 fully saturated rings. The molecule has 0 aromatic heterocycles. The van der Waals surface area contributed by atoms with Crippen LogP contribution in [-0.4, -0.2) is 32.3 Å². The summed E-state index contributed by atoms with van der Waals surface area (Å²) >= 11 is -2.03. The van der Waals surface area contributed by atoms with Crippen LogP contribution in [0.1, 0.15) is 34.7 Å². The van der Waals surface area contributed by atoms with Crippen molar-refractivity contribution in [2.45, 2.75) is 38.5 Å². The van der Waals surface area contributed by atoms with Gasteiger partial charge in [-0.2, -0.15) is 0 Å². The number of hydrogen-bond acceptors (Lipinski definition) is 5. The van der Waals surface area contributed by atoms with Gasteiger partial charge in [-0.3, -0.25) is 4.21 Å². The van der Waals surface area contributed by atoms with Crippen molar-refractivity contribution < 1.29 is 18.6 Å². The monoisotopic (exact) mass is 450 g/mol. The molecule has 3 atom stereocenters. The Morgan fingerprint density at radius 3 is 2.72 bits per heavy atom. The summed E-state index contributed by atoms with van der Waals surface area (Å²) in [5.74, 6) is 0.906. The van der Waals surface area contributed by atoms with E-state index in [-0.39, 0.29) is 11.8 Å². The zero-order valence-corrected chi connectivity index (χ0v) is 18.9. The van der Waals surface area contributed by atoms with Crippen LogP contribution in [0, 0.1) is 6.92 Å². The Kier molecular flexibility index (Phi) is 7.37. The average Bonchev–Trinajstić information content (AvgIpc) is 3.10. The molecule has 6 heteroatoms. The van der Waals surface area contributed by atoms with Gasteiger partial charge < -0.3 is 19.7 Å². The Morgan fingerprint density at radius 1 is 1.12 bits per heavy atom. The molecule has 2 N–H and O–H groups in total. The van der Waals surface area contributed by atoms with Gasteiger partial charge in [-0.15, -0.1) is 0 Å². The largest absolute Gasteiger partial charge is 0.772 e. The van der Waals surface area contributed by atoms with E-state index >= 15 is 0 Å². The third-order valence-electron chi connectivity index (χ3n) is 6.04. The molecule has 5 nitrogen and oxygen atoms in total. The quantitative estimate of drug-likeness (QED) is 0.380. The van der Waals surface area contributed by atoms with E-state index in [0.29, 0.717) is 26.0 Å². The maximum atomic E-state index is 10.7. The molecule has 0 saturated carbocycles. The van der Waals surface area contributed by atoms with Gasteiger partial charge in [0.25, 0.3) is 0 Å². The van der Waals surface area contributed by atoms with E-state index in [1.807, 2.05) is 36.4 Å². The lowest BCUT2D eigenvalue weighted by Crippen LogP contribution is -2.30. The van der Waals surface area contributed by atoms with Gasteiger partial charge >= 0.3 is 0 Å². The summed E-state index contributed by atoms with van der Waals surface area (Å²) in [6.07, 6.45) is 0.556. The first-order valence-corrected chi connectivity index (χ1v) is 12.1. The van der Waals surface area contributed by atoms with E-state index < -0.39 is 17.2 Å². The van der Waals surface area contributed by atoms with Crippen molar-refractivity contribution in [3.8, 4) is 16.9 Å². The molecule has 0 heterocycles. The summed E-state index contributed by atoms with van der Waals surface area (Å²) < 4.78 is 27.5. The van der Waals surface area contributed by atoms with Gasteiger partial charge in [-0.25, -0.2) is 0 Å². The molecule has 1 unspecified atom stereocenters. The number of hydrogen-bond donors (Lipinski definition) is 2. The molecule has 0 aliphatic heterocycles. The van der Waals surface area contributed by atoms with Gasteiger partial charge in [-0.1, -0.05) is 65.7 Å². The number of aliphatic hydroxyl groups excluding tert-OH is 1. The van der Waals surface area contributed by atoms with Crippen LogP contribution in [0.4, 0.5) is 0 Å². The smallest absolute Gasteiger partial charge is 0.120 e. The van der Waals surface area contributed by atoms with E-state index in [4.69, 9.17) is 4.74 Å². The highest BCUT2D eigenvalue weighted by Gasteiger charge is 2.30. The summed E-state index contributed by atoms with van der Waals surface area (Å²) in [6.45, 7) is 3.14. The van der Waals surface area contributed by atoms with Gasteiger partial charge in [0.2, 0.25) is 0 Å². The molecule has 0 spiro atoms. The minimum absolute atomic E-state index is 0.125. The molecule has 32 heavy (non-hydrogen) atoms. The molecule has 3 aromatic rings. The van der Waals surface area contributed by atoms with Crippen LogP contribution in [0.3, 0.4) is 0 Å². The molecule has 1 aliphatic carbocycles. The van der Waals surface area contributed by atoms with Gasteiger partial charge in [0.1, 0.15) is 12.4 Å². The van der Waals surface area contributed by atoms with Crippen LogP contribution in [-0.2, 0) is 24.1 Å². The second-order valence-electron chi connectivity index (χ2n) is 8.17. The molecule has 0 bridgehead atoms. The first-order valence-electron chi connectivity index (χ1n) is 10.9. The van der Waals surface area contributed by atoms with E-state index in [1.54, 1.807) is 0 Å². The number of nitrogens with one attached hydrogen (secondary N) is 1. The van der Waals surface area contributed by atoms with E-state index in [2.05, 4.69) is 42.6 Å². The molecular formula is C26H28NO4S-.